The Bertz CT molecular complexity index is 441. The van der Waals surface area contributed by atoms with Crippen LogP contribution in [0.5, 0.6) is 0 Å². The van der Waals surface area contributed by atoms with Gasteiger partial charge in [0.25, 0.3) is 0 Å². The molecule has 0 unspecified atom stereocenters. The van der Waals surface area contributed by atoms with Crippen molar-refractivity contribution in [3.05, 3.63) is 12.4 Å². The van der Waals surface area contributed by atoms with Crippen molar-refractivity contribution in [1.82, 2.24) is 25.0 Å². The molecule has 15 heavy (non-hydrogen) atoms. The second kappa shape index (κ2) is 4.52. The van der Waals surface area contributed by atoms with Crippen LogP contribution < -0.4 is 4.90 Å². The standard InChI is InChI=1S/C8H11BrN6/c1-2-14(4-3-9)8-6-10-5-7-11-12-13-15(7)8/h5-6H,2-4H2,1H3. The van der Waals surface area contributed by atoms with Crippen LogP contribution in [0.1, 0.15) is 6.92 Å². The third-order valence-corrected chi connectivity index (χ3v) is 2.51. The maximum atomic E-state index is 4.12. The average molecular weight is 271 g/mol. The van der Waals surface area contributed by atoms with E-state index in [1.54, 1.807) is 16.9 Å². The second-order valence-corrected chi connectivity index (χ2v) is 3.78. The van der Waals surface area contributed by atoms with Gasteiger partial charge < -0.3 is 4.90 Å². The molecule has 7 heteroatoms. The normalized spacial score (nSPS) is 10.8. The van der Waals surface area contributed by atoms with Gasteiger partial charge in [0.2, 0.25) is 0 Å². The van der Waals surface area contributed by atoms with E-state index in [2.05, 4.69) is 48.3 Å². The lowest BCUT2D eigenvalue weighted by atomic mass is 10.5. The van der Waals surface area contributed by atoms with Crippen LogP contribution in [-0.4, -0.2) is 43.4 Å². The summed E-state index contributed by atoms with van der Waals surface area (Å²) in [6, 6.07) is 0. The van der Waals surface area contributed by atoms with Crippen LogP contribution in [0, 0.1) is 0 Å². The van der Waals surface area contributed by atoms with Crippen molar-refractivity contribution in [2.75, 3.05) is 23.3 Å². The number of nitrogens with zero attached hydrogens (tertiary/aromatic N) is 6. The maximum absolute atomic E-state index is 4.12. The van der Waals surface area contributed by atoms with E-state index in [9.17, 15) is 0 Å². The van der Waals surface area contributed by atoms with Gasteiger partial charge in [-0.05, 0) is 17.4 Å². The Kier molecular flexibility index (Phi) is 3.10. The van der Waals surface area contributed by atoms with Crippen molar-refractivity contribution in [3.8, 4) is 0 Å². The number of halogens is 1. The third kappa shape index (κ3) is 1.92. The fourth-order valence-electron chi connectivity index (χ4n) is 1.42. The quantitative estimate of drug-likeness (QED) is 0.768. The van der Waals surface area contributed by atoms with Gasteiger partial charge in [-0.2, -0.15) is 4.52 Å². The fraction of sp³-hybridized carbons (Fsp3) is 0.500. The predicted octanol–water partition coefficient (Wildman–Crippen LogP) is 0.740. The lowest BCUT2D eigenvalue weighted by Gasteiger charge is -2.21. The van der Waals surface area contributed by atoms with Crippen LogP contribution in [0.3, 0.4) is 0 Å². The molecule has 0 saturated carbocycles. The summed E-state index contributed by atoms with van der Waals surface area (Å²) in [5, 5.41) is 12.3. The monoisotopic (exact) mass is 270 g/mol. The Labute approximate surface area is 95.4 Å². The number of aromatic nitrogens is 5. The largest absolute Gasteiger partial charge is 0.355 e. The Hall–Kier alpha value is -1.24. The molecule has 0 spiro atoms. The molecule has 0 saturated heterocycles. The summed E-state index contributed by atoms with van der Waals surface area (Å²) in [5.41, 5.74) is 0.667. The van der Waals surface area contributed by atoms with Crippen molar-refractivity contribution >= 4 is 27.4 Å². The van der Waals surface area contributed by atoms with Crippen LogP contribution in [0.4, 0.5) is 5.82 Å². The summed E-state index contributed by atoms with van der Waals surface area (Å²) in [4.78, 5) is 6.27. The zero-order valence-electron chi connectivity index (χ0n) is 8.34. The van der Waals surface area contributed by atoms with Crippen molar-refractivity contribution in [1.29, 1.82) is 0 Å². The fourth-order valence-corrected chi connectivity index (χ4v) is 1.84. The van der Waals surface area contributed by atoms with E-state index in [4.69, 9.17) is 0 Å². The molecular weight excluding hydrogens is 260 g/mol. The van der Waals surface area contributed by atoms with Crippen LogP contribution in [0.15, 0.2) is 12.4 Å². The molecule has 2 aromatic heterocycles. The highest BCUT2D eigenvalue weighted by atomic mass is 79.9. The number of fused-ring (bicyclic) bond motifs is 1. The summed E-state index contributed by atoms with van der Waals surface area (Å²) >= 11 is 3.42. The molecule has 0 aliphatic rings. The minimum Gasteiger partial charge on any atom is -0.355 e. The molecule has 0 aliphatic carbocycles. The van der Waals surface area contributed by atoms with E-state index < -0.39 is 0 Å². The minimum absolute atomic E-state index is 0.667. The van der Waals surface area contributed by atoms with E-state index in [1.165, 1.54) is 0 Å². The molecule has 0 atom stereocenters. The number of hydrogen-bond acceptors (Lipinski definition) is 5. The zero-order chi connectivity index (χ0) is 10.7. The lowest BCUT2D eigenvalue weighted by Crippen LogP contribution is -2.27. The van der Waals surface area contributed by atoms with Gasteiger partial charge >= 0.3 is 0 Å². The first-order chi connectivity index (χ1) is 7.36. The molecule has 0 aliphatic heterocycles. The lowest BCUT2D eigenvalue weighted by molar-refractivity contribution is 0.768. The highest BCUT2D eigenvalue weighted by molar-refractivity contribution is 9.09. The number of alkyl halides is 1. The molecule has 0 fully saturated rings. The maximum Gasteiger partial charge on any atom is 0.199 e. The minimum atomic E-state index is 0.667. The molecule has 6 nitrogen and oxygen atoms in total. The molecule has 2 rings (SSSR count). The average Bonchev–Trinajstić information content (AvgIpc) is 2.73. The molecule has 0 bridgehead atoms. The van der Waals surface area contributed by atoms with Crippen LogP contribution in [0.25, 0.3) is 5.65 Å². The third-order valence-electron chi connectivity index (χ3n) is 2.15. The van der Waals surface area contributed by atoms with Crippen molar-refractivity contribution < 1.29 is 0 Å². The molecule has 2 heterocycles. The summed E-state index contributed by atoms with van der Waals surface area (Å²) in [6.07, 6.45) is 3.42. The Morgan fingerprint density at radius 3 is 3.07 bits per heavy atom. The zero-order valence-corrected chi connectivity index (χ0v) is 9.92. The van der Waals surface area contributed by atoms with Crippen molar-refractivity contribution in [2.24, 2.45) is 0 Å². The van der Waals surface area contributed by atoms with Crippen LogP contribution in [-0.2, 0) is 0 Å². The Morgan fingerprint density at radius 2 is 2.33 bits per heavy atom. The first-order valence-corrected chi connectivity index (χ1v) is 5.82. The van der Waals surface area contributed by atoms with Crippen LogP contribution in [0.2, 0.25) is 0 Å². The van der Waals surface area contributed by atoms with Gasteiger partial charge in [-0.1, -0.05) is 15.9 Å². The highest BCUT2D eigenvalue weighted by Crippen LogP contribution is 2.12. The number of tetrazole rings is 1. The number of hydrogen-bond donors (Lipinski definition) is 0. The molecule has 0 amide bonds. The molecule has 2 aromatic rings. The van der Waals surface area contributed by atoms with Crippen LogP contribution >= 0.6 is 15.9 Å². The van der Waals surface area contributed by atoms with E-state index in [0.717, 1.165) is 24.2 Å². The van der Waals surface area contributed by atoms with Gasteiger partial charge in [0.05, 0.1) is 12.4 Å². The van der Waals surface area contributed by atoms with E-state index in [1.807, 2.05) is 0 Å². The Morgan fingerprint density at radius 1 is 1.47 bits per heavy atom. The smallest absolute Gasteiger partial charge is 0.199 e. The summed E-state index contributed by atoms with van der Waals surface area (Å²) in [5.74, 6) is 0.916. The van der Waals surface area contributed by atoms with Gasteiger partial charge in [-0.15, -0.1) is 5.10 Å². The second-order valence-electron chi connectivity index (χ2n) is 2.98. The Balaban J connectivity index is 2.44. The van der Waals surface area contributed by atoms with Gasteiger partial charge in [-0.3, -0.25) is 4.98 Å². The summed E-state index contributed by atoms with van der Waals surface area (Å²) in [7, 11) is 0. The molecule has 0 N–H and O–H groups in total. The van der Waals surface area contributed by atoms with Gasteiger partial charge in [0, 0.05) is 18.4 Å². The van der Waals surface area contributed by atoms with Gasteiger partial charge in [-0.25, -0.2) is 0 Å². The van der Waals surface area contributed by atoms with E-state index in [-0.39, 0.29) is 0 Å². The SMILES string of the molecule is CCN(CCBr)c1cncc2nnnn12. The summed E-state index contributed by atoms with van der Waals surface area (Å²) < 4.78 is 1.69. The highest BCUT2D eigenvalue weighted by Gasteiger charge is 2.09. The van der Waals surface area contributed by atoms with E-state index >= 15 is 0 Å². The number of rotatable bonds is 4. The van der Waals surface area contributed by atoms with E-state index in [0.29, 0.717) is 5.65 Å². The topological polar surface area (TPSA) is 59.2 Å². The van der Waals surface area contributed by atoms with Gasteiger partial charge in [0.1, 0.15) is 0 Å². The molecular formula is C8H11BrN6. The predicted molar refractivity (Wildman–Crippen MR) is 60.3 cm³/mol. The van der Waals surface area contributed by atoms with Gasteiger partial charge in [0.15, 0.2) is 11.5 Å². The number of anilines is 1. The first kappa shape index (κ1) is 10.3. The van der Waals surface area contributed by atoms with Crippen molar-refractivity contribution in [2.45, 2.75) is 6.92 Å². The van der Waals surface area contributed by atoms with Crippen molar-refractivity contribution in [3.63, 3.8) is 0 Å². The molecule has 80 valence electrons. The molecule has 0 radical (unpaired) electrons. The summed E-state index contributed by atoms with van der Waals surface area (Å²) in [6.45, 7) is 3.88. The molecule has 0 aromatic carbocycles. The first-order valence-electron chi connectivity index (χ1n) is 4.69.